The molecule has 0 saturated heterocycles. The Morgan fingerprint density at radius 1 is 1.08 bits per heavy atom. The van der Waals surface area contributed by atoms with Crippen LogP contribution in [-0.4, -0.2) is 11.7 Å². The van der Waals surface area contributed by atoms with E-state index in [1.54, 1.807) is 7.11 Å². The number of hydrogen-bond acceptors (Lipinski definition) is 2. The van der Waals surface area contributed by atoms with Crippen molar-refractivity contribution in [1.82, 2.24) is 4.57 Å². The highest BCUT2D eigenvalue weighted by Crippen LogP contribution is 2.23. The molecule has 0 spiro atoms. The molecule has 0 aliphatic heterocycles. The zero-order valence-electron chi connectivity index (χ0n) is 13.1. The van der Waals surface area contributed by atoms with E-state index in [0.717, 1.165) is 27.2 Å². The molecule has 3 nitrogen and oxygen atoms in total. The Bertz CT molecular complexity index is 900. The predicted octanol–water partition coefficient (Wildman–Crippen LogP) is 5.31. The van der Waals surface area contributed by atoms with E-state index in [-0.39, 0.29) is 0 Å². The molecule has 1 heterocycles. The molecule has 118 valence electrons. The molecule has 0 aliphatic carbocycles. The molecule has 0 aliphatic rings. The average molecular weight is 379 g/mol. The van der Waals surface area contributed by atoms with Crippen molar-refractivity contribution in [2.45, 2.75) is 0 Å². The molecule has 0 unspecified atom stereocenters. The Morgan fingerprint density at radius 2 is 1.79 bits per heavy atom. The molecular formula is C20H15BrN2O. The number of benzene rings is 2. The van der Waals surface area contributed by atoms with Gasteiger partial charge in [0.2, 0.25) is 0 Å². The Balaban J connectivity index is 1.99. The zero-order chi connectivity index (χ0) is 16.9. The summed E-state index contributed by atoms with van der Waals surface area (Å²) >= 11 is 3.41. The highest BCUT2D eigenvalue weighted by molar-refractivity contribution is 9.10. The van der Waals surface area contributed by atoms with Crippen molar-refractivity contribution in [2.24, 2.45) is 0 Å². The van der Waals surface area contributed by atoms with Crippen molar-refractivity contribution in [3.63, 3.8) is 0 Å². The summed E-state index contributed by atoms with van der Waals surface area (Å²) in [6.07, 6.45) is 3.87. The van der Waals surface area contributed by atoms with Crippen LogP contribution in [0.25, 0.3) is 17.3 Å². The van der Waals surface area contributed by atoms with Gasteiger partial charge in [-0.25, -0.2) is 0 Å². The van der Waals surface area contributed by atoms with Crippen molar-refractivity contribution >= 4 is 27.6 Å². The monoisotopic (exact) mass is 378 g/mol. The first-order valence-electron chi connectivity index (χ1n) is 7.41. The van der Waals surface area contributed by atoms with Gasteiger partial charge in [0, 0.05) is 22.1 Å². The largest absolute Gasteiger partial charge is 0.497 e. The molecule has 0 saturated carbocycles. The molecule has 0 fully saturated rings. The number of allylic oxidation sites excluding steroid dienone is 1. The van der Waals surface area contributed by atoms with Gasteiger partial charge in [0.25, 0.3) is 0 Å². The number of nitrogens with zero attached hydrogens (tertiary/aromatic N) is 2. The molecule has 3 rings (SSSR count). The second kappa shape index (κ2) is 7.20. The molecule has 0 amide bonds. The summed E-state index contributed by atoms with van der Waals surface area (Å²) in [6.45, 7) is 0. The predicted molar refractivity (Wildman–Crippen MR) is 99.9 cm³/mol. The van der Waals surface area contributed by atoms with E-state index in [0.29, 0.717) is 5.57 Å². The fraction of sp³-hybridized carbons (Fsp3) is 0.0500. The van der Waals surface area contributed by atoms with Gasteiger partial charge in [-0.3, -0.25) is 0 Å². The molecular weight excluding hydrogens is 364 g/mol. The fourth-order valence-electron chi connectivity index (χ4n) is 2.45. The first kappa shape index (κ1) is 16.1. The van der Waals surface area contributed by atoms with Crippen molar-refractivity contribution < 1.29 is 4.74 Å². The number of hydrogen-bond donors (Lipinski definition) is 0. The van der Waals surface area contributed by atoms with Crippen LogP contribution < -0.4 is 4.74 Å². The first-order valence-corrected chi connectivity index (χ1v) is 8.20. The molecule has 4 heteroatoms. The van der Waals surface area contributed by atoms with Crippen LogP contribution in [0.15, 0.2) is 71.3 Å². The third-order valence-corrected chi connectivity index (χ3v) is 4.23. The molecule has 24 heavy (non-hydrogen) atoms. The van der Waals surface area contributed by atoms with Gasteiger partial charge in [0.05, 0.1) is 18.8 Å². The fourth-order valence-corrected chi connectivity index (χ4v) is 2.71. The van der Waals surface area contributed by atoms with Crippen LogP contribution in [-0.2, 0) is 0 Å². The first-order chi connectivity index (χ1) is 11.7. The van der Waals surface area contributed by atoms with Crippen molar-refractivity contribution in [3.05, 3.63) is 82.6 Å². The molecule has 1 aromatic heterocycles. The minimum absolute atomic E-state index is 0.621. The van der Waals surface area contributed by atoms with E-state index in [1.807, 2.05) is 77.5 Å². The van der Waals surface area contributed by atoms with Crippen LogP contribution in [0, 0.1) is 11.3 Å². The van der Waals surface area contributed by atoms with Crippen molar-refractivity contribution in [3.8, 4) is 17.5 Å². The second-order valence-electron chi connectivity index (χ2n) is 5.18. The molecule has 3 aromatic rings. The average Bonchev–Trinajstić information content (AvgIpc) is 3.09. The normalized spacial score (nSPS) is 11.1. The van der Waals surface area contributed by atoms with E-state index in [9.17, 15) is 5.26 Å². The lowest BCUT2D eigenvalue weighted by Gasteiger charge is -2.08. The highest BCUT2D eigenvalue weighted by atomic mass is 79.9. The minimum Gasteiger partial charge on any atom is -0.497 e. The Labute approximate surface area is 149 Å². The lowest BCUT2D eigenvalue weighted by Crippen LogP contribution is -1.95. The van der Waals surface area contributed by atoms with Gasteiger partial charge in [-0.15, -0.1) is 0 Å². The number of methoxy groups -OCH3 is 1. The van der Waals surface area contributed by atoms with Gasteiger partial charge >= 0.3 is 0 Å². The Hall–Kier alpha value is -2.77. The minimum atomic E-state index is 0.621. The van der Waals surface area contributed by atoms with Crippen molar-refractivity contribution in [2.75, 3.05) is 7.11 Å². The van der Waals surface area contributed by atoms with Gasteiger partial charge in [-0.2, -0.15) is 5.26 Å². The van der Waals surface area contributed by atoms with Crippen LogP contribution in [0.1, 0.15) is 11.3 Å². The number of ether oxygens (including phenoxy) is 1. The van der Waals surface area contributed by atoms with Crippen LogP contribution >= 0.6 is 15.9 Å². The molecule has 0 bridgehead atoms. The van der Waals surface area contributed by atoms with Gasteiger partial charge in [-0.05, 0) is 60.2 Å². The highest BCUT2D eigenvalue weighted by Gasteiger charge is 2.06. The maximum absolute atomic E-state index is 9.52. The summed E-state index contributed by atoms with van der Waals surface area (Å²) in [5.74, 6) is 0.815. The van der Waals surface area contributed by atoms with Crippen LogP contribution in [0.5, 0.6) is 5.75 Å². The summed E-state index contributed by atoms with van der Waals surface area (Å²) in [6, 6.07) is 21.8. The quantitative estimate of drug-likeness (QED) is 0.576. The van der Waals surface area contributed by atoms with E-state index in [4.69, 9.17) is 4.74 Å². The summed E-state index contributed by atoms with van der Waals surface area (Å²) in [5.41, 5.74) is 3.47. The SMILES string of the molecule is COc1ccc(-n2cccc2C=C(C#N)c2ccc(Br)cc2)cc1. The summed E-state index contributed by atoms with van der Waals surface area (Å²) in [5, 5.41) is 9.52. The third-order valence-electron chi connectivity index (χ3n) is 3.70. The van der Waals surface area contributed by atoms with E-state index in [1.165, 1.54) is 0 Å². The molecule has 0 atom stereocenters. The summed E-state index contributed by atoms with van der Waals surface area (Å²) in [7, 11) is 1.65. The molecule has 0 N–H and O–H groups in total. The standard InChI is InChI=1S/C20H15BrN2O/c1-24-20-10-8-18(9-11-20)23-12-2-3-19(23)13-16(14-22)15-4-6-17(21)7-5-15/h2-13H,1H3. The molecule has 2 aromatic carbocycles. The smallest absolute Gasteiger partial charge is 0.119 e. The van der Waals surface area contributed by atoms with Gasteiger partial charge in [0.15, 0.2) is 0 Å². The van der Waals surface area contributed by atoms with Gasteiger partial charge in [-0.1, -0.05) is 28.1 Å². The van der Waals surface area contributed by atoms with E-state index < -0.39 is 0 Å². The lowest BCUT2D eigenvalue weighted by molar-refractivity contribution is 0.414. The number of halogens is 1. The maximum Gasteiger partial charge on any atom is 0.119 e. The van der Waals surface area contributed by atoms with Crippen LogP contribution in [0.2, 0.25) is 0 Å². The zero-order valence-corrected chi connectivity index (χ0v) is 14.7. The number of nitriles is 1. The number of aromatic nitrogens is 1. The van der Waals surface area contributed by atoms with Gasteiger partial charge in [0.1, 0.15) is 5.75 Å². The Morgan fingerprint density at radius 3 is 2.42 bits per heavy atom. The second-order valence-corrected chi connectivity index (χ2v) is 6.09. The van der Waals surface area contributed by atoms with Crippen LogP contribution in [0.3, 0.4) is 0 Å². The van der Waals surface area contributed by atoms with Crippen molar-refractivity contribution in [1.29, 1.82) is 5.26 Å². The summed E-state index contributed by atoms with van der Waals surface area (Å²) < 4.78 is 8.23. The number of rotatable bonds is 4. The maximum atomic E-state index is 9.52. The van der Waals surface area contributed by atoms with E-state index in [2.05, 4.69) is 22.0 Å². The topological polar surface area (TPSA) is 38.0 Å². The lowest BCUT2D eigenvalue weighted by atomic mass is 10.1. The Kier molecular flexibility index (Phi) is 4.83. The van der Waals surface area contributed by atoms with Crippen LogP contribution in [0.4, 0.5) is 0 Å². The van der Waals surface area contributed by atoms with Gasteiger partial charge < -0.3 is 9.30 Å². The van der Waals surface area contributed by atoms with E-state index >= 15 is 0 Å². The summed E-state index contributed by atoms with van der Waals surface area (Å²) in [4.78, 5) is 0. The third kappa shape index (κ3) is 3.42. The molecule has 0 radical (unpaired) electrons.